The van der Waals surface area contributed by atoms with Crippen molar-refractivity contribution in [1.82, 2.24) is 5.32 Å². The van der Waals surface area contributed by atoms with E-state index in [9.17, 15) is 4.79 Å². The molecule has 1 spiro atoms. The topological polar surface area (TPSA) is 62.1 Å². The molecule has 0 bridgehead atoms. The number of nitrogens with one attached hydrogen (secondary N) is 1. The summed E-state index contributed by atoms with van der Waals surface area (Å²) in [4.78, 5) is 12.4. The van der Waals surface area contributed by atoms with E-state index in [4.69, 9.17) is 21.6 Å². The quantitative estimate of drug-likeness (QED) is 0.734. The molecule has 2 fully saturated rings. The van der Waals surface area contributed by atoms with E-state index in [1.165, 1.54) is 0 Å². The minimum atomic E-state index is 0.0274. The summed E-state index contributed by atoms with van der Waals surface area (Å²) in [5, 5.41) is 12.6. The number of ether oxygens (including phenoxy) is 1. The van der Waals surface area contributed by atoms with Gasteiger partial charge in [0.05, 0.1) is 16.7 Å². The molecule has 2 aromatic carbocycles. The third-order valence-corrected chi connectivity index (χ3v) is 6.68. The van der Waals surface area contributed by atoms with Crippen LogP contribution in [0.4, 0.5) is 0 Å². The summed E-state index contributed by atoms with van der Waals surface area (Å²) in [7, 11) is 0. The molecule has 1 amide bonds. The Kier molecular flexibility index (Phi) is 5.52. The lowest BCUT2D eigenvalue weighted by Gasteiger charge is -2.51. The van der Waals surface area contributed by atoms with Crippen LogP contribution >= 0.6 is 11.6 Å². The summed E-state index contributed by atoms with van der Waals surface area (Å²) in [5.74, 6) is 0.756. The van der Waals surface area contributed by atoms with Gasteiger partial charge < -0.3 is 10.1 Å². The number of nitriles is 1. The molecule has 0 heterocycles. The zero-order valence-electron chi connectivity index (χ0n) is 16.6. The van der Waals surface area contributed by atoms with Crippen molar-refractivity contribution in [3.8, 4) is 11.8 Å². The standard InChI is InChI=1S/C24H25ClN2O2/c1-16-2-4-17(5-3-16)23(28)27-19-13-24(14-19)10-8-20(9-11-24)29-21-7-6-18(15-26)22(25)12-21/h2-7,12,19-20H,8-11,13-14H2,1H3,(H,27,28). The summed E-state index contributed by atoms with van der Waals surface area (Å²) in [6.45, 7) is 2.02. The Labute approximate surface area is 176 Å². The second-order valence-electron chi connectivity index (χ2n) is 8.52. The van der Waals surface area contributed by atoms with E-state index in [1.54, 1.807) is 12.1 Å². The molecule has 5 heteroatoms. The number of amides is 1. The van der Waals surface area contributed by atoms with Crippen LogP contribution in [0.5, 0.6) is 5.75 Å². The summed E-state index contributed by atoms with van der Waals surface area (Å²) in [6.07, 6.45) is 6.56. The van der Waals surface area contributed by atoms with Crippen molar-refractivity contribution in [2.75, 3.05) is 0 Å². The van der Waals surface area contributed by atoms with Gasteiger partial charge in [0.25, 0.3) is 5.91 Å². The fourth-order valence-corrected chi connectivity index (χ4v) is 4.86. The Hall–Kier alpha value is -2.51. The summed E-state index contributed by atoms with van der Waals surface area (Å²) >= 11 is 6.10. The number of nitrogens with zero attached hydrogens (tertiary/aromatic N) is 1. The van der Waals surface area contributed by atoms with Crippen LogP contribution in [0.1, 0.15) is 60.0 Å². The predicted molar refractivity (Wildman–Crippen MR) is 113 cm³/mol. The first-order chi connectivity index (χ1) is 14.0. The molecule has 0 atom stereocenters. The highest BCUT2D eigenvalue weighted by molar-refractivity contribution is 6.31. The Morgan fingerprint density at radius 2 is 1.86 bits per heavy atom. The van der Waals surface area contributed by atoms with Gasteiger partial charge in [-0.25, -0.2) is 0 Å². The molecule has 0 aromatic heterocycles. The lowest BCUT2D eigenvalue weighted by Crippen LogP contribution is -2.52. The molecule has 0 unspecified atom stereocenters. The molecule has 2 saturated carbocycles. The van der Waals surface area contributed by atoms with Crippen LogP contribution in [0.2, 0.25) is 5.02 Å². The Morgan fingerprint density at radius 3 is 2.48 bits per heavy atom. The molecular formula is C24H25ClN2O2. The molecule has 4 rings (SSSR count). The van der Waals surface area contributed by atoms with E-state index in [0.29, 0.717) is 16.0 Å². The predicted octanol–water partition coefficient (Wildman–Crippen LogP) is 5.42. The van der Waals surface area contributed by atoms with E-state index in [0.717, 1.165) is 55.4 Å². The molecule has 29 heavy (non-hydrogen) atoms. The first kappa shape index (κ1) is 19.8. The highest BCUT2D eigenvalue weighted by Crippen LogP contribution is 2.52. The summed E-state index contributed by atoms with van der Waals surface area (Å²) < 4.78 is 6.09. The molecule has 2 aromatic rings. The number of halogens is 1. The maximum absolute atomic E-state index is 12.4. The van der Waals surface area contributed by atoms with Crippen LogP contribution in [-0.2, 0) is 0 Å². The van der Waals surface area contributed by atoms with Crippen molar-refractivity contribution < 1.29 is 9.53 Å². The first-order valence-electron chi connectivity index (χ1n) is 10.2. The Morgan fingerprint density at radius 1 is 1.17 bits per heavy atom. The second-order valence-corrected chi connectivity index (χ2v) is 8.92. The second kappa shape index (κ2) is 8.08. The summed E-state index contributed by atoms with van der Waals surface area (Å²) in [5.41, 5.74) is 2.71. The SMILES string of the molecule is Cc1ccc(C(=O)NC2CC3(CCC(Oc4ccc(C#N)c(Cl)c4)CC3)C2)cc1. The molecule has 0 saturated heterocycles. The van der Waals surface area contributed by atoms with Crippen LogP contribution in [0, 0.1) is 23.7 Å². The van der Waals surface area contributed by atoms with E-state index in [1.807, 2.05) is 37.3 Å². The number of benzene rings is 2. The largest absolute Gasteiger partial charge is 0.490 e. The number of rotatable bonds is 4. The molecule has 1 N–H and O–H groups in total. The molecule has 0 radical (unpaired) electrons. The average molecular weight is 409 g/mol. The van der Waals surface area contributed by atoms with Gasteiger partial charge in [-0.1, -0.05) is 29.3 Å². The van der Waals surface area contributed by atoms with Gasteiger partial charge in [0.15, 0.2) is 0 Å². The van der Waals surface area contributed by atoms with Crippen LogP contribution in [-0.4, -0.2) is 18.1 Å². The molecule has 150 valence electrons. The van der Waals surface area contributed by atoms with Gasteiger partial charge in [-0.05, 0) is 75.1 Å². The van der Waals surface area contributed by atoms with E-state index < -0.39 is 0 Å². The average Bonchev–Trinajstić information content (AvgIpc) is 2.69. The van der Waals surface area contributed by atoms with Crippen LogP contribution in [0.3, 0.4) is 0 Å². The van der Waals surface area contributed by atoms with Crippen molar-refractivity contribution in [3.63, 3.8) is 0 Å². The lowest BCUT2D eigenvalue weighted by atomic mass is 9.58. The maximum atomic E-state index is 12.4. The van der Waals surface area contributed by atoms with Crippen molar-refractivity contribution in [2.45, 2.75) is 57.6 Å². The molecule has 4 nitrogen and oxygen atoms in total. The van der Waals surface area contributed by atoms with Crippen LogP contribution < -0.4 is 10.1 Å². The minimum absolute atomic E-state index is 0.0274. The third-order valence-electron chi connectivity index (χ3n) is 6.36. The molecule has 2 aliphatic carbocycles. The van der Waals surface area contributed by atoms with Crippen LogP contribution in [0.25, 0.3) is 0 Å². The van der Waals surface area contributed by atoms with Crippen molar-refractivity contribution in [2.24, 2.45) is 5.41 Å². The zero-order chi connectivity index (χ0) is 20.4. The van der Waals surface area contributed by atoms with Crippen molar-refractivity contribution >= 4 is 17.5 Å². The van der Waals surface area contributed by atoms with Crippen LogP contribution in [0.15, 0.2) is 42.5 Å². The highest BCUT2D eigenvalue weighted by Gasteiger charge is 2.46. The molecular weight excluding hydrogens is 384 g/mol. The van der Waals surface area contributed by atoms with Gasteiger partial charge in [0.2, 0.25) is 0 Å². The zero-order valence-corrected chi connectivity index (χ0v) is 17.3. The van der Waals surface area contributed by atoms with Gasteiger partial charge in [0.1, 0.15) is 11.8 Å². The number of carbonyl (C=O) groups excluding carboxylic acids is 1. The summed E-state index contributed by atoms with van der Waals surface area (Å²) in [6, 6.07) is 15.3. The van der Waals surface area contributed by atoms with E-state index >= 15 is 0 Å². The minimum Gasteiger partial charge on any atom is -0.490 e. The molecule has 2 aliphatic rings. The smallest absolute Gasteiger partial charge is 0.251 e. The first-order valence-corrected chi connectivity index (χ1v) is 10.6. The number of carbonyl (C=O) groups is 1. The number of hydrogen-bond donors (Lipinski definition) is 1. The van der Waals surface area contributed by atoms with Crippen molar-refractivity contribution in [3.05, 3.63) is 64.2 Å². The van der Waals surface area contributed by atoms with Crippen molar-refractivity contribution in [1.29, 1.82) is 5.26 Å². The Bertz CT molecular complexity index is 932. The monoisotopic (exact) mass is 408 g/mol. The fraction of sp³-hybridized carbons (Fsp3) is 0.417. The van der Waals surface area contributed by atoms with Gasteiger partial charge >= 0.3 is 0 Å². The number of hydrogen-bond acceptors (Lipinski definition) is 3. The van der Waals surface area contributed by atoms with Gasteiger partial charge in [0, 0.05) is 17.7 Å². The van der Waals surface area contributed by atoms with Gasteiger partial charge in [-0.3, -0.25) is 4.79 Å². The van der Waals surface area contributed by atoms with E-state index in [-0.39, 0.29) is 18.1 Å². The van der Waals surface area contributed by atoms with Gasteiger partial charge in [-0.15, -0.1) is 0 Å². The highest BCUT2D eigenvalue weighted by atomic mass is 35.5. The van der Waals surface area contributed by atoms with E-state index in [2.05, 4.69) is 11.4 Å². The number of aryl methyl sites for hydroxylation is 1. The maximum Gasteiger partial charge on any atom is 0.251 e. The fourth-order valence-electron chi connectivity index (χ4n) is 4.64. The third kappa shape index (κ3) is 4.41. The lowest BCUT2D eigenvalue weighted by molar-refractivity contribution is 0.000348. The molecule has 0 aliphatic heterocycles. The normalized spacial score (nSPS) is 25.7. The Balaban J connectivity index is 1.24. The van der Waals surface area contributed by atoms with Gasteiger partial charge in [-0.2, -0.15) is 5.26 Å².